The van der Waals surface area contributed by atoms with Crippen LogP contribution >= 0.6 is 0 Å². The normalized spacial score (nSPS) is 29.9. The van der Waals surface area contributed by atoms with Crippen molar-refractivity contribution in [1.29, 1.82) is 0 Å². The minimum atomic E-state index is -0.407. The van der Waals surface area contributed by atoms with Crippen molar-refractivity contribution in [1.82, 2.24) is 4.98 Å². The minimum absolute atomic E-state index is 0.0968. The third kappa shape index (κ3) is 3.08. The Kier molecular flexibility index (Phi) is 4.49. The van der Waals surface area contributed by atoms with Crippen LogP contribution in [-0.4, -0.2) is 23.3 Å². The van der Waals surface area contributed by atoms with Crippen LogP contribution in [0, 0.1) is 30.1 Å². The average molecular weight is 392 g/mol. The molecule has 0 N–H and O–H groups in total. The van der Waals surface area contributed by atoms with E-state index < -0.39 is 5.97 Å². The number of para-hydroxylation sites is 1. The van der Waals surface area contributed by atoms with E-state index in [0.29, 0.717) is 29.7 Å². The molecule has 0 saturated heterocycles. The Morgan fingerprint density at radius 2 is 1.69 bits per heavy atom. The van der Waals surface area contributed by atoms with Crippen LogP contribution in [0.3, 0.4) is 0 Å². The highest BCUT2D eigenvalue weighted by Crippen LogP contribution is 2.60. The molecule has 4 aliphatic rings. The molecule has 4 fully saturated rings. The molecular weight excluding hydrogens is 362 g/mol. The van der Waals surface area contributed by atoms with Gasteiger partial charge in [-0.05, 0) is 81.3 Å². The van der Waals surface area contributed by atoms with Crippen LogP contribution in [0.5, 0.6) is 0 Å². The highest BCUT2D eigenvalue weighted by atomic mass is 16.5. The maximum atomic E-state index is 13.2. The molecule has 0 amide bonds. The van der Waals surface area contributed by atoms with Gasteiger partial charge >= 0.3 is 5.97 Å². The zero-order valence-electron chi connectivity index (χ0n) is 17.4. The van der Waals surface area contributed by atoms with Crippen LogP contribution < -0.4 is 0 Å². The Balaban J connectivity index is 1.36. The van der Waals surface area contributed by atoms with Gasteiger partial charge in [0.2, 0.25) is 0 Å². The summed E-state index contributed by atoms with van der Waals surface area (Å²) in [5.41, 5.74) is 2.83. The number of fused-ring (bicyclic) bond motifs is 1. The lowest BCUT2D eigenvalue weighted by molar-refractivity contribution is -0.147. The fourth-order valence-electron chi connectivity index (χ4n) is 6.78. The molecule has 4 nitrogen and oxygen atoms in total. The van der Waals surface area contributed by atoms with E-state index >= 15 is 0 Å². The summed E-state index contributed by atoms with van der Waals surface area (Å²) < 4.78 is 5.62. The van der Waals surface area contributed by atoms with Gasteiger partial charge < -0.3 is 4.74 Å². The molecule has 0 unspecified atom stereocenters. The van der Waals surface area contributed by atoms with Crippen LogP contribution in [0.25, 0.3) is 10.9 Å². The monoisotopic (exact) mass is 391 g/mol. The second-order valence-electron chi connectivity index (χ2n) is 9.63. The molecule has 6 rings (SSSR count). The van der Waals surface area contributed by atoms with Crippen molar-refractivity contribution in [2.75, 3.05) is 6.61 Å². The number of Topliss-reactive ketones (excluding diaryl/α,β-unsaturated/α-hetero) is 1. The predicted octanol–water partition coefficient (Wildman–Crippen LogP) is 5.05. The second kappa shape index (κ2) is 6.93. The van der Waals surface area contributed by atoms with E-state index in [9.17, 15) is 9.59 Å². The first-order valence-corrected chi connectivity index (χ1v) is 11.1. The number of carbonyl (C=O) groups excluding carboxylic acids is 2. The van der Waals surface area contributed by atoms with Gasteiger partial charge in [0.15, 0.2) is 12.4 Å². The van der Waals surface area contributed by atoms with Crippen LogP contribution in [0.1, 0.15) is 67.1 Å². The fraction of sp³-hybridized carbons (Fsp3) is 0.560. The quantitative estimate of drug-likeness (QED) is 0.670. The van der Waals surface area contributed by atoms with Crippen molar-refractivity contribution < 1.29 is 14.3 Å². The lowest BCUT2D eigenvalue weighted by Crippen LogP contribution is -2.51. The van der Waals surface area contributed by atoms with Gasteiger partial charge in [-0.15, -0.1) is 0 Å². The lowest BCUT2D eigenvalue weighted by atomic mass is 9.48. The Labute approximate surface area is 172 Å². The molecule has 29 heavy (non-hydrogen) atoms. The van der Waals surface area contributed by atoms with Crippen LogP contribution in [0.2, 0.25) is 0 Å². The number of hydrogen-bond acceptors (Lipinski definition) is 4. The molecule has 1 aromatic heterocycles. The van der Waals surface area contributed by atoms with Crippen LogP contribution in [-0.2, 0) is 16.0 Å². The molecular formula is C25H29NO3. The van der Waals surface area contributed by atoms with E-state index in [1.54, 1.807) is 0 Å². The van der Waals surface area contributed by atoms with Crippen molar-refractivity contribution in [2.45, 2.75) is 58.8 Å². The number of carbonyl (C=O) groups is 2. The summed E-state index contributed by atoms with van der Waals surface area (Å²) in [7, 11) is 0. The first kappa shape index (κ1) is 18.8. The molecule has 152 valence electrons. The van der Waals surface area contributed by atoms with Gasteiger partial charge in [-0.1, -0.05) is 25.1 Å². The molecule has 4 aliphatic carbocycles. The zero-order chi connectivity index (χ0) is 20.2. The zero-order valence-corrected chi connectivity index (χ0v) is 17.4. The SMILES string of the molecule is CCc1nc2ccccc2c(C)c1C(=O)OCC(=O)C12CC3CC(CC(C3)C1)C2. The Hall–Kier alpha value is -2.23. The first-order chi connectivity index (χ1) is 14.0. The molecule has 0 radical (unpaired) electrons. The molecule has 1 aromatic carbocycles. The molecule has 4 saturated carbocycles. The van der Waals surface area contributed by atoms with E-state index in [-0.39, 0.29) is 17.8 Å². The van der Waals surface area contributed by atoms with E-state index in [4.69, 9.17) is 4.74 Å². The number of pyridine rings is 1. The summed E-state index contributed by atoms with van der Waals surface area (Å²) in [5, 5.41) is 0.962. The number of hydrogen-bond donors (Lipinski definition) is 0. The molecule has 2 aromatic rings. The van der Waals surface area contributed by atoms with Gasteiger partial charge in [-0.25, -0.2) is 4.79 Å². The van der Waals surface area contributed by atoms with Crippen LogP contribution in [0.15, 0.2) is 24.3 Å². The summed E-state index contributed by atoms with van der Waals surface area (Å²) in [6, 6.07) is 7.85. The number of esters is 1. The molecule has 0 aliphatic heterocycles. The van der Waals surface area contributed by atoms with Crippen molar-refractivity contribution >= 4 is 22.7 Å². The first-order valence-electron chi connectivity index (χ1n) is 11.1. The van der Waals surface area contributed by atoms with Gasteiger partial charge in [0, 0.05) is 10.8 Å². The minimum Gasteiger partial charge on any atom is -0.454 e. The Morgan fingerprint density at radius 3 is 2.31 bits per heavy atom. The standard InChI is InChI=1S/C25H29NO3/c1-3-20-23(15(2)19-6-4-5-7-21(19)26-20)24(28)29-14-22(27)25-11-16-8-17(12-25)10-18(9-16)13-25/h4-7,16-18H,3,8-14H2,1-2H3. The summed E-state index contributed by atoms with van der Waals surface area (Å²) >= 11 is 0. The van der Waals surface area contributed by atoms with E-state index in [2.05, 4.69) is 4.98 Å². The van der Waals surface area contributed by atoms with Gasteiger partial charge in [-0.2, -0.15) is 0 Å². The number of benzene rings is 1. The number of ketones is 1. The fourth-order valence-corrected chi connectivity index (χ4v) is 6.78. The maximum absolute atomic E-state index is 13.2. The molecule has 4 heteroatoms. The Bertz CT molecular complexity index is 958. The summed E-state index contributed by atoms with van der Waals surface area (Å²) in [6.07, 6.45) is 7.57. The lowest BCUT2D eigenvalue weighted by Gasteiger charge is -2.55. The maximum Gasteiger partial charge on any atom is 0.340 e. The number of ether oxygens (including phenoxy) is 1. The summed E-state index contributed by atoms with van der Waals surface area (Å²) in [4.78, 5) is 30.9. The number of rotatable bonds is 5. The third-order valence-electron chi connectivity index (χ3n) is 7.73. The van der Waals surface area contributed by atoms with E-state index in [1.807, 2.05) is 38.1 Å². The van der Waals surface area contributed by atoms with Crippen LogP contribution in [0.4, 0.5) is 0 Å². The number of nitrogens with zero attached hydrogens (tertiary/aromatic N) is 1. The predicted molar refractivity (Wildman–Crippen MR) is 112 cm³/mol. The Morgan fingerprint density at radius 1 is 1.07 bits per heavy atom. The highest BCUT2D eigenvalue weighted by molar-refractivity contribution is 5.99. The average Bonchev–Trinajstić information content (AvgIpc) is 2.70. The largest absolute Gasteiger partial charge is 0.454 e. The third-order valence-corrected chi connectivity index (χ3v) is 7.73. The van der Waals surface area contributed by atoms with Crippen molar-refractivity contribution in [3.05, 3.63) is 41.1 Å². The molecule has 0 spiro atoms. The highest BCUT2D eigenvalue weighted by Gasteiger charge is 2.54. The summed E-state index contributed by atoms with van der Waals surface area (Å²) in [6.45, 7) is 3.84. The van der Waals surface area contributed by atoms with E-state index in [0.717, 1.165) is 41.4 Å². The van der Waals surface area contributed by atoms with Gasteiger partial charge in [-0.3, -0.25) is 9.78 Å². The smallest absolute Gasteiger partial charge is 0.340 e. The van der Waals surface area contributed by atoms with Gasteiger partial charge in [0.1, 0.15) is 0 Å². The number of aromatic nitrogens is 1. The second-order valence-corrected chi connectivity index (χ2v) is 9.63. The van der Waals surface area contributed by atoms with Gasteiger partial charge in [0.25, 0.3) is 0 Å². The van der Waals surface area contributed by atoms with E-state index in [1.165, 1.54) is 19.3 Å². The number of aryl methyl sites for hydroxylation is 2. The summed E-state index contributed by atoms with van der Waals surface area (Å²) in [5.74, 6) is 1.86. The van der Waals surface area contributed by atoms with Gasteiger partial charge in [0.05, 0.1) is 16.8 Å². The molecule has 1 heterocycles. The van der Waals surface area contributed by atoms with Crippen molar-refractivity contribution in [3.8, 4) is 0 Å². The van der Waals surface area contributed by atoms with Crippen molar-refractivity contribution in [2.24, 2.45) is 23.2 Å². The topological polar surface area (TPSA) is 56.3 Å². The molecule has 0 atom stereocenters. The molecule has 4 bridgehead atoms. The van der Waals surface area contributed by atoms with Crippen molar-refractivity contribution in [3.63, 3.8) is 0 Å².